The quantitative estimate of drug-likeness (QED) is 0.0346. The zero-order chi connectivity index (χ0) is 44.9. The van der Waals surface area contributed by atoms with Gasteiger partial charge in [-0.25, -0.2) is 0 Å². The fourth-order valence-corrected chi connectivity index (χ4v) is 7.56. The molecule has 0 aromatic carbocycles. The molecular formula is C57H102O5. The van der Waals surface area contributed by atoms with Gasteiger partial charge in [-0.05, 0) is 83.5 Å². The molecule has 0 aliphatic heterocycles. The second-order valence-corrected chi connectivity index (χ2v) is 17.8. The van der Waals surface area contributed by atoms with Gasteiger partial charge in [0.05, 0.1) is 6.61 Å². The van der Waals surface area contributed by atoms with Crippen LogP contribution in [0.4, 0.5) is 0 Å². The minimum Gasteiger partial charge on any atom is -0.462 e. The van der Waals surface area contributed by atoms with Crippen LogP contribution in [0.5, 0.6) is 0 Å². The molecule has 5 heteroatoms. The number of esters is 2. The summed E-state index contributed by atoms with van der Waals surface area (Å²) in [6, 6.07) is 0. The summed E-state index contributed by atoms with van der Waals surface area (Å²) < 4.78 is 17.4. The number of hydrogen-bond donors (Lipinski definition) is 0. The van der Waals surface area contributed by atoms with Crippen LogP contribution in [-0.4, -0.2) is 37.9 Å². The summed E-state index contributed by atoms with van der Waals surface area (Å²) in [4.78, 5) is 25.4. The molecule has 0 aromatic heterocycles. The maximum absolute atomic E-state index is 12.8. The van der Waals surface area contributed by atoms with Crippen molar-refractivity contribution >= 4 is 11.9 Å². The molecule has 5 nitrogen and oxygen atoms in total. The predicted molar refractivity (Wildman–Crippen MR) is 270 cm³/mol. The molecule has 0 heterocycles. The zero-order valence-corrected chi connectivity index (χ0v) is 41.4. The van der Waals surface area contributed by atoms with Crippen molar-refractivity contribution in [2.75, 3.05) is 19.8 Å². The number of ether oxygens (including phenoxy) is 3. The minimum atomic E-state index is -0.553. The van der Waals surface area contributed by atoms with E-state index in [9.17, 15) is 9.59 Å². The SMILES string of the molecule is CC/C=C\C/C=C\C/C=C\CCCCCC(=O)OC(COCCCCCCCCCC/C=C\C/C=C\CCCCC)COC(=O)CCCCCCCCCCCCCCCCC. The molecule has 0 fully saturated rings. The third-order valence-electron chi connectivity index (χ3n) is 11.5. The summed E-state index contributed by atoms with van der Waals surface area (Å²) >= 11 is 0. The monoisotopic (exact) mass is 867 g/mol. The lowest BCUT2D eigenvalue weighted by Crippen LogP contribution is -2.30. The molecule has 62 heavy (non-hydrogen) atoms. The van der Waals surface area contributed by atoms with Crippen molar-refractivity contribution in [3.63, 3.8) is 0 Å². The van der Waals surface area contributed by atoms with Gasteiger partial charge in [0.2, 0.25) is 0 Å². The summed E-state index contributed by atoms with van der Waals surface area (Å²) in [6.45, 7) is 7.68. The standard InChI is InChI=1S/C57H102O5/c1-4-7-10-13-16-19-22-25-27-28-29-31-34-37-40-43-46-49-52-60-53-55(62-57(59)51-48-45-42-39-36-32-24-21-18-15-12-9-6-3)54-61-56(58)50-47-44-41-38-35-33-30-26-23-20-17-14-11-8-5-2/h9,12,16,18-19,21,25,27,32,36,55H,4-8,10-11,13-15,17,20,22-24,26,28-31,33-35,37-54H2,1-3H3/b12-9-,19-16-,21-18-,27-25-,36-32-. The first-order valence-corrected chi connectivity index (χ1v) is 26.8. The molecule has 0 N–H and O–H groups in total. The van der Waals surface area contributed by atoms with Crippen LogP contribution in [0.2, 0.25) is 0 Å². The molecule has 0 amide bonds. The lowest BCUT2D eigenvalue weighted by Gasteiger charge is -2.18. The van der Waals surface area contributed by atoms with Crippen molar-refractivity contribution in [2.24, 2.45) is 0 Å². The van der Waals surface area contributed by atoms with Gasteiger partial charge < -0.3 is 14.2 Å². The summed E-state index contributed by atoms with van der Waals surface area (Å²) in [7, 11) is 0. The van der Waals surface area contributed by atoms with Crippen molar-refractivity contribution in [3.05, 3.63) is 60.8 Å². The van der Waals surface area contributed by atoms with Gasteiger partial charge in [0.25, 0.3) is 0 Å². The molecule has 0 radical (unpaired) electrons. The molecular weight excluding hydrogens is 765 g/mol. The number of carbonyl (C=O) groups excluding carboxylic acids is 2. The predicted octanol–water partition coefficient (Wildman–Crippen LogP) is 18.1. The third kappa shape index (κ3) is 50.2. The van der Waals surface area contributed by atoms with E-state index in [2.05, 4.69) is 81.5 Å². The highest BCUT2D eigenvalue weighted by atomic mass is 16.6. The van der Waals surface area contributed by atoms with Crippen molar-refractivity contribution in [2.45, 2.75) is 271 Å². The smallest absolute Gasteiger partial charge is 0.306 e. The highest BCUT2D eigenvalue weighted by molar-refractivity contribution is 5.70. The van der Waals surface area contributed by atoms with E-state index in [1.807, 2.05) is 0 Å². The van der Waals surface area contributed by atoms with Gasteiger partial charge in [-0.1, -0.05) is 229 Å². The first-order chi connectivity index (χ1) is 30.6. The molecule has 360 valence electrons. The second kappa shape index (κ2) is 52.9. The minimum absolute atomic E-state index is 0.0728. The molecule has 0 aliphatic carbocycles. The Bertz CT molecular complexity index is 1070. The average molecular weight is 867 g/mol. The summed E-state index contributed by atoms with van der Waals surface area (Å²) in [5.74, 6) is -0.425. The zero-order valence-electron chi connectivity index (χ0n) is 41.4. The van der Waals surface area contributed by atoms with Gasteiger partial charge >= 0.3 is 11.9 Å². The first kappa shape index (κ1) is 59.6. The van der Waals surface area contributed by atoms with Crippen LogP contribution in [0.15, 0.2) is 60.8 Å². The van der Waals surface area contributed by atoms with E-state index in [0.29, 0.717) is 19.4 Å². The van der Waals surface area contributed by atoms with Crippen molar-refractivity contribution < 1.29 is 23.8 Å². The van der Waals surface area contributed by atoms with Crippen LogP contribution < -0.4 is 0 Å². The Hall–Kier alpha value is -2.40. The first-order valence-electron chi connectivity index (χ1n) is 26.8. The van der Waals surface area contributed by atoms with Crippen LogP contribution in [0.3, 0.4) is 0 Å². The lowest BCUT2D eigenvalue weighted by molar-refractivity contribution is -0.163. The molecule has 0 rings (SSSR count). The molecule has 0 aromatic rings. The second-order valence-electron chi connectivity index (χ2n) is 17.8. The van der Waals surface area contributed by atoms with E-state index in [-0.39, 0.29) is 25.2 Å². The fraction of sp³-hybridized carbons (Fsp3) is 0.789. The van der Waals surface area contributed by atoms with Crippen molar-refractivity contribution in [3.8, 4) is 0 Å². The Morgan fingerprint density at radius 2 is 0.726 bits per heavy atom. The number of hydrogen-bond acceptors (Lipinski definition) is 5. The summed E-state index contributed by atoms with van der Waals surface area (Å²) in [6.07, 6.45) is 66.6. The maximum atomic E-state index is 12.8. The van der Waals surface area contributed by atoms with E-state index in [1.54, 1.807) is 0 Å². The Balaban J connectivity index is 4.28. The van der Waals surface area contributed by atoms with Gasteiger partial charge in [0, 0.05) is 19.4 Å². The number of allylic oxidation sites excluding steroid dienone is 10. The van der Waals surface area contributed by atoms with Gasteiger partial charge in [-0.2, -0.15) is 0 Å². The molecule has 0 bridgehead atoms. The fourth-order valence-electron chi connectivity index (χ4n) is 7.56. The largest absolute Gasteiger partial charge is 0.462 e. The topological polar surface area (TPSA) is 61.8 Å². The van der Waals surface area contributed by atoms with Gasteiger partial charge in [-0.15, -0.1) is 0 Å². The molecule has 0 saturated heterocycles. The number of carbonyl (C=O) groups is 2. The number of rotatable bonds is 49. The van der Waals surface area contributed by atoms with Gasteiger partial charge in [0.15, 0.2) is 6.10 Å². The molecule has 0 spiro atoms. The van der Waals surface area contributed by atoms with Gasteiger partial charge in [0.1, 0.15) is 6.61 Å². The number of unbranched alkanes of at least 4 members (excludes halogenated alkanes) is 28. The van der Waals surface area contributed by atoms with Crippen LogP contribution in [-0.2, 0) is 23.8 Å². The highest BCUT2D eigenvalue weighted by Crippen LogP contribution is 2.15. The molecule has 1 unspecified atom stereocenters. The Labute approximate surface area is 385 Å². The van der Waals surface area contributed by atoms with E-state index < -0.39 is 6.10 Å². The molecule has 0 aliphatic rings. The Morgan fingerprint density at radius 1 is 0.371 bits per heavy atom. The van der Waals surface area contributed by atoms with E-state index in [4.69, 9.17) is 14.2 Å². The van der Waals surface area contributed by atoms with Crippen LogP contribution in [0.25, 0.3) is 0 Å². The maximum Gasteiger partial charge on any atom is 0.306 e. The van der Waals surface area contributed by atoms with E-state index in [0.717, 1.165) is 77.0 Å². The Kier molecular flexibility index (Phi) is 50.9. The van der Waals surface area contributed by atoms with Crippen molar-refractivity contribution in [1.82, 2.24) is 0 Å². The summed E-state index contributed by atoms with van der Waals surface area (Å²) in [5, 5.41) is 0. The van der Waals surface area contributed by atoms with Crippen molar-refractivity contribution in [1.29, 1.82) is 0 Å². The lowest BCUT2D eigenvalue weighted by atomic mass is 10.0. The van der Waals surface area contributed by atoms with Crippen LogP contribution >= 0.6 is 0 Å². The van der Waals surface area contributed by atoms with Crippen LogP contribution in [0.1, 0.15) is 265 Å². The van der Waals surface area contributed by atoms with Crippen LogP contribution in [0, 0.1) is 0 Å². The average Bonchev–Trinajstić information content (AvgIpc) is 3.27. The normalized spacial score (nSPS) is 12.6. The Morgan fingerprint density at radius 3 is 1.21 bits per heavy atom. The molecule has 0 saturated carbocycles. The molecule has 1 atom stereocenters. The van der Waals surface area contributed by atoms with E-state index >= 15 is 0 Å². The van der Waals surface area contributed by atoms with E-state index in [1.165, 1.54) is 154 Å². The highest BCUT2D eigenvalue weighted by Gasteiger charge is 2.17. The third-order valence-corrected chi connectivity index (χ3v) is 11.5. The summed E-state index contributed by atoms with van der Waals surface area (Å²) in [5.41, 5.74) is 0. The van der Waals surface area contributed by atoms with Gasteiger partial charge in [-0.3, -0.25) is 9.59 Å².